The van der Waals surface area contributed by atoms with E-state index in [9.17, 15) is 4.79 Å². The summed E-state index contributed by atoms with van der Waals surface area (Å²) in [6, 6.07) is 4.00. The van der Waals surface area contributed by atoms with Gasteiger partial charge in [0.1, 0.15) is 5.82 Å². The van der Waals surface area contributed by atoms with E-state index < -0.39 is 5.91 Å². The Balaban J connectivity index is 2.04. The zero-order valence-corrected chi connectivity index (χ0v) is 9.91. The van der Waals surface area contributed by atoms with Crippen LogP contribution < -0.4 is 11.1 Å². The molecule has 3 N–H and O–H groups in total. The molecule has 88 valence electrons. The molecule has 0 saturated carbocycles. The topological polar surface area (TPSA) is 72.9 Å². The fraction of sp³-hybridized carbons (Fsp3) is 0.273. The Morgan fingerprint density at radius 2 is 2.53 bits per heavy atom. The van der Waals surface area contributed by atoms with Crippen molar-refractivity contribution in [2.24, 2.45) is 5.73 Å². The van der Waals surface area contributed by atoms with Gasteiger partial charge in [0.2, 0.25) is 0 Å². The van der Waals surface area contributed by atoms with Gasteiger partial charge in [-0.2, -0.15) is 16.4 Å². The molecule has 1 aliphatic rings. The molecule has 3 rings (SSSR count). The Morgan fingerprint density at radius 1 is 1.65 bits per heavy atom. The minimum absolute atomic E-state index is 0.200. The van der Waals surface area contributed by atoms with E-state index >= 15 is 0 Å². The van der Waals surface area contributed by atoms with E-state index in [4.69, 9.17) is 5.73 Å². The van der Waals surface area contributed by atoms with Gasteiger partial charge in [-0.25, -0.2) is 4.68 Å². The predicted octanol–water partition coefficient (Wildman–Crippen LogP) is 1.45. The average molecular weight is 248 g/mol. The van der Waals surface area contributed by atoms with Crippen LogP contribution in [0, 0.1) is 0 Å². The standard InChI is InChI=1S/C11H12N4OS/c12-11(16)8-5-10-13-3-1-9(15(10)14-8)7-2-4-17-6-7/h2,4-6,9,13H,1,3H2,(H2,12,16). The third-order valence-electron chi connectivity index (χ3n) is 2.94. The first-order chi connectivity index (χ1) is 8.25. The molecule has 3 heterocycles. The number of nitrogens with two attached hydrogens (primary N) is 1. The largest absolute Gasteiger partial charge is 0.370 e. The summed E-state index contributed by atoms with van der Waals surface area (Å²) in [7, 11) is 0. The summed E-state index contributed by atoms with van der Waals surface area (Å²) in [5.41, 5.74) is 6.80. The van der Waals surface area contributed by atoms with Crippen LogP contribution in [-0.4, -0.2) is 22.2 Å². The zero-order valence-electron chi connectivity index (χ0n) is 9.09. The number of carbonyl (C=O) groups is 1. The Morgan fingerprint density at radius 3 is 3.24 bits per heavy atom. The number of carbonyl (C=O) groups excluding carboxylic acids is 1. The third-order valence-corrected chi connectivity index (χ3v) is 3.64. The van der Waals surface area contributed by atoms with Gasteiger partial charge in [0, 0.05) is 12.6 Å². The van der Waals surface area contributed by atoms with Crippen molar-refractivity contribution in [3.8, 4) is 0 Å². The number of thiophene rings is 1. The molecule has 0 bridgehead atoms. The van der Waals surface area contributed by atoms with Crippen molar-refractivity contribution in [2.75, 3.05) is 11.9 Å². The van der Waals surface area contributed by atoms with E-state index in [1.807, 2.05) is 4.68 Å². The molecule has 2 aromatic heterocycles. The van der Waals surface area contributed by atoms with Crippen LogP contribution in [0.25, 0.3) is 0 Å². The number of primary amides is 1. The van der Waals surface area contributed by atoms with Crippen LogP contribution in [0.1, 0.15) is 28.5 Å². The Kier molecular flexibility index (Phi) is 2.36. The molecule has 5 nitrogen and oxygen atoms in total. The Labute approximate surface area is 102 Å². The highest BCUT2D eigenvalue weighted by atomic mass is 32.1. The second-order valence-electron chi connectivity index (χ2n) is 4.01. The molecule has 6 heteroatoms. The maximum Gasteiger partial charge on any atom is 0.269 e. The first kappa shape index (κ1) is 10.3. The lowest BCUT2D eigenvalue weighted by atomic mass is 10.1. The van der Waals surface area contributed by atoms with E-state index in [1.54, 1.807) is 17.4 Å². The molecule has 0 saturated heterocycles. The molecule has 0 aliphatic carbocycles. The number of fused-ring (bicyclic) bond motifs is 1. The fourth-order valence-corrected chi connectivity index (χ4v) is 2.82. The SMILES string of the molecule is NC(=O)c1cc2n(n1)C(c1ccsc1)CCN2. The molecular formula is C11H12N4OS. The van der Waals surface area contributed by atoms with Crippen molar-refractivity contribution >= 4 is 23.1 Å². The predicted molar refractivity (Wildman–Crippen MR) is 66.3 cm³/mol. The highest BCUT2D eigenvalue weighted by molar-refractivity contribution is 7.07. The monoisotopic (exact) mass is 248 g/mol. The van der Waals surface area contributed by atoms with Crippen LogP contribution in [0.3, 0.4) is 0 Å². The highest BCUT2D eigenvalue weighted by Crippen LogP contribution is 2.30. The van der Waals surface area contributed by atoms with E-state index in [2.05, 4.69) is 27.2 Å². The lowest BCUT2D eigenvalue weighted by Gasteiger charge is -2.24. The van der Waals surface area contributed by atoms with Gasteiger partial charge in [0.05, 0.1) is 6.04 Å². The van der Waals surface area contributed by atoms with Gasteiger partial charge in [0.15, 0.2) is 5.69 Å². The summed E-state index contributed by atoms with van der Waals surface area (Å²) in [5.74, 6) is 0.374. The Hall–Kier alpha value is -1.82. The fourth-order valence-electron chi connectivity index (χ4n) is 2.12. The Bertz CT molecular complexity index is 546. The van der Waals surface area contributed by atoms with Crippen molar-refractivity contribution in [1.29, 1.82) is 0 Å². The van der Waals surface area contributed by atoms with Crippen molar-refractivity contribution < 1.29 is 4.79 Å². The normalized spacial score (nSPS) is 18.5. The number of rotatable bonds is 2. The van der Waals surface area contributed by atoms with E-state index in [-0.39, 0.29) is 6.04 Å². The van der Waals surface area contributed by atoms with Crippen molar-refractivity contribution in [2.45, 2.75) is 12.5 Å². The number of hydrogen-bond donors (Lipinski definition) is 2. The molecule has 1 unspecified atom stereocenters. The maximum absolute atomic E-state index is 11.1. The average Bonchev–Trinajstić information content (AvgIpc) is 2.97. The summed E-state index contributed by atoms with van der Waals surface area (Å²) in [4.78, 5) is 11.1. The molecule has 1 amide bonds. The van der Waals surface area contributed by atoms with Gasteiger partial charge < -0.3 is 11.1 Å². The van der Waals surface area contributed by atoms with Gasteiger partial charge >= 0.3 is 0 Å². The number of hydrogen-bond acceptors (Lipinski definition) is 4. The van der Waals surface area contributed by atoms with Crippen LogP contribution in [0.2, 0.25) is 0 Å². The van der Waals surface area contributed by atoms with Crippen molar-refractivity contribution in [3.63, 3.8) is 0 Å². The molecular weight excluding hydrogens is 236 g/mol. The minimum Gasteiger partial charge on any atom is -0.370 e. The van der Waals surface area contributed by atoms with Gasteiger partial charge in [-0.1, -0.05) is 0 Å². The summed E-state index contributed by atoms with van der Waals surface area (Å²) in [6.45, 7) is 0.879. The van der Waals surface area contributed by atoms with Gasteiger partial charge in [-0.15, -0.1) is 0 Å². The minimum atomic E-state index is -0.488. The number of nitrogens with zero attached hydrogens (tertiary/aromatic N) is 2. The van der Waals surface area contributed by atoms with Crippen LogP contribution in [0.4, 0.5) is 5.82 Å². The molecule has 1 atom stereocenters. The van der Waals surface area contributed by atoms with Crippen LogP contribution in [0.5, 0.6) is 0 Å². The number of anilines is 1. The van der Waals surface area contributed by atoms with Gasteiger partial charge in [0.25, 0.3) is 5.91 Å². The summed E-state index contributed by atoms with van der Waals surface area (Å²) >= 11 is 1.67. The second kappa shape index (κ2) is 3.89. The zero-order chi connectivity index (χ0) is 11.8. The van der Waals surface area contributed by atoms with Gasteiger partial charge in [-0.3, -0.25) is 4.79 Å². The smallest absolute Gasteiger partial charge is 0.269 e. The lowest BCUT2D eigenvalue weighted by molar-refractivity contribution is 0.0994. The van der Waals surface area contributed by atoms with Crippen LogP contribution in [0.15, 0.2) is 22.9 Å². The van der Waals surface area contributed by atoms with E-state index in [1.165, 1.54) is 5.56 Å². The third kappa shape index (κ3) is 1.70. The number of nitrogens with one attached hydrogen (secondary N) is 1. The lowest BCUT2D eigenvalue weighted by Crippen LogP contribution is -2.24. The molecule has 0 fully saturated rings. The quantitative estimate of drug-likeness (QED) is 0.844. The molecule has 0 spiro atoms. The summed E-state index contributed by atoms with van der Waals surface area (Å²) in [6.07, 6.45) is 0.962. The van der Waals surface area contributed by atoms with Crippen LogP contribution in [-0.2, 0) is 0 Å². The van der Waals surface area contributed by atoms with E-state index in [0.29, 0.717) is 5.69 Å². The molecule has 0 radical (unpaired) electrons. The first-order valence-electron chi connectivity index (χ1n) is 5.41. The number of aromatic nitrogens is 2. The molecule has 2 aromatic rings. The molecule has 0 aromatic carbocycles. The van der Waals surface area contributed by atoms with Crippen molar-refractivity contribution in [3.05, 3.63) is 34.2 Å². The molecule has 1 aliphatic heterocycles. The van der Waals surface area contributed by atoms with E-state index in [0.717, 1.165) is 18.8 Å². The second-order valence-corrected chi connectivity index (χ2v) is 4.79. The highest BCUT2D eigenvalue weighted by Gasteiger charge is 2.24. The first-order valence-corrected chi connectivity index (χ1v) is 6.35. The number of amides is 1. The summed E-state index contributed by atoms with van der Waals surface area (Å²) in [5, 5.41) is 11.7. The molecule has 17 heavy (non-hydrogen) atoms. The van der Waals surface area contributed by atoms with Crippen LogP contribution >= 0.6 is 11.3 Å². The van der Waals surface area contributed by atoms with Gasteiger partial charge in [-0.05, 0) is 28.8 Å². The van der Waals surface area contributed by atoms with Crippen molar-refractivity contribution in [1.82, 2.24) is 9.78 Å². The maximum atomic E-state index is 11.1. The summed E-state index contributed by atoms with van der Waals surface area (Å²) < 4.78 is 1.85.